The van der Waals surface area contributed by atoms with Crippen molar-refractivity contribution in [3.8, 4) is 0 Å². The Morgan fingerprint density at radius 2 is 2.05 bits per heavy atom. The van der Waals surface area contributed by atoms with Gasteiger partial charge in [0.05, 0.1) is 19.8 Å². The third-order valence-corrected chi connectivity index (χ3v) is 3.09. The summed E-state index contributed by atoms with van der Waals surface area (Å²) in [6.07, 6.45) is 0.728. The molecular weight excluding hydrogens is 248 g/mol. The molecule has 1 aliphatic heterocycles. The van der Waals surface area contributed by atoms with Gasteiger partial charge in [-0.15, -0.1) is 0 Å². The molecule has 19 heavy (non-hydrogen) atoms. The number of ether oxygens (including phenoxy) is 2. The van der Waals surface area contributed by atoms with Crippen LogP contribution in [0.15, 0.2) is 0 Å². The quantitative estimate of drug-likeness (QED) is 0.633. The van der Waals surface area contributed by atoms with Crippen LogP contribution in [0.1, 0.15) is 20.3 Å². The molecule has 1 unspecified atom stereocenters. The van der Waals surface area contributed by atoms with Crippen LogP contribution in [0.2, 0.25) is 0 Å². The number of methoxy groups -OCH3 is 1. The van der Waals surface area contributed by atoms with Gasteiger partial charge in [-0.05, 0) is 12.3 Å². The molecule has 6 heteroatoms. The zero-order chi connectivity index (χ0) is 14.3. The minimum Gasteiger partial charge on any atom is -0.382 e. The normalized spacial score (nSPS) is 20.0. The van der Waals surface area contributed by atoms with Crippen molar-refractivity contribution in [2.45, 2.75) is 26.3 Å². The highest BCUT2D eigenvalue weighted by Crippen LogP contribution is 2.15. The first-order valence-electron chi connectivity index (χ1n) is 6.71. The molecule has 0 radical (unpaired) electrons. The molecule has 1 aliphatic rings. The van der Waals surface area contributed by atoms with Crippen molar-refractivity contribution in [2.75, 3.05) is 40.0 Å². The van der Waals surface area contributed by atoms with Crippen LogP contribution < -0.4 is 5.32 Å². The van der Waals surface area contributed by atoms with E-state index in [0.29, 0.717) is 26.4 Å². The van der Waals surface area contributed by atoms with Gasteiger partial charge >= 0.3 is 0 Å². The van der Waals surface area contributed by atoms with Crippen molar-refractivity contribution in [1.29, 1.82) is 0 Å². The highest BCUT2D eigenvalue weighted by atomic mass is 16.5. The Hall–Kier alpha value is -1.14. The van der Waals surface area contributed by atoms with Gasteiger partial charge in [-0.1, -0.05) is 13.8 Å². The summed E-state index contributed by atoms with van der Waals surface area (Å²) in [6, 6.07) is -0.361. The molecule has 1 heterocycles. The average molecular weight is 272 g/mol. The van der Waals surface area contributed by atoms with Crippen LogP contribution in [0.25, 0.3) is 0 Å². The largest absolute Gasteiger partial charge is 0.382 e. The van der Waals surface area contributed by atoms with Crippen LogP contribution in [0, 0.1) is 5.92 Å². The van der Waals surface area contributed by atoms with Crippen molar-refractivity contribution >= 4 is 11.8 Å². The summed E-state index contributed by atoms with van der Waals surface area (Å²) in [5.74, 6) is 0.0313. The Bertz CT molecular complexity index is 307. The summed E-state index contributed by atoms with van der Waals surface area (Å²) >= 11 is 0. The lowest BCUT2D eigenvalue weighted by Gasteiger charge is -2.37. The van der Waals surface area contributed by atoms with Gasteiger partial charge in [-0.2, -0.15) is 0 Å². The Balaban J connectivity index is 2.39. The van der Waals surface area contributed by atoms with Gasteiger partial charge in [0.1, 0.15) is 6.04 Å². The molecule has 1 fully saturated rings. The Labute approximate surface area is 114 Å². The number of hydrogen-bond donors (Lipinski definition) is 1. The third kappa shape index (κ3) is 4.80. The van der Waals surface area contributed by atoms with Gasteiger partial charge in [0.2, 0.25) is 11.8 Å². The SMILES string of the molecule is COCCOCCCN1C(=O)CNC(=O)C1C(C)C. The summed E-state index contributed by atoms with van der Waals surface area (Å²) in [5, 5.41) is 2.63. The van der Waals surface area contributed by atoms with E-state index in [1.807, 2.05) is 13.8 Å². The molecule has 2 amide bonds. The molecule has 0 saturated carbocycles. The lowest BCUT2D eigenvalue weighted by atomic mass is 9.99. The number of rotatable bonds is 8. The number of carbonyl (C=O) groups excluding carboxylic acids is 2. The fourth-order valence-electron chi connectivity index (χ4n) is 2.17. The molecule has 1 atom stereocenters. The number of carbonyl (C=O) groups is 2. The first-order valence-corrected chi connectivity index (χ1v) is 6.71. The molecule has 6 nitrogen and oxygen atoms in total. The molecular formula is C13H24N2O4. The first kappa shape index (κ1) is 15.9. The highest BCUT2D eigenvalue weighted by Gasteiger charge is 2.35. The van der Waals surface area contributed by atoms with Crippen molar-refractivity contribution in [3.63, 3.8) is 0 Å². The molecule has 0 aromatic carbocycles. The summed E-state index contributed by atoms with van der Waals surface area (Å²) in [5.41, 5.74) is 0. The summed E-state index contributed by atoms with van der Waals surface area (Å²) in [4.78, 5) is 25.4. The van der Waals surface area contributed by atoms with E-state index in [4.69, 9.17) is 9.47 Å². The van der Waals surface area contributed by atoms with Gasteiger partial charge in [0.25, 0.3) is 0 Å². The highest BCUT2D eigenvalue weighted by molar-refractivity contribution is 5.94. The first-order chi connectivity index (χ1) is 9.07. The minimum absolute atomic E-state index is 0.0183. The predicted octanol–water partition coefficient (Wildman–Crippen LogP) is 0.0225. The number of amides is 2. The second-order valence-corrected chi connectivity index (χ2v) is 4.95. The summed E-state index contributed by atoms with van der Waals surface area (Å²) < 4.78 is 10.2. The summed E-state index contributed by atoms with van der Waals surface area (Å²) in [7, 11) is 1.63. The van der Waals surface area contributed by atoms with Crippen molar-refractivity contribution in [1.82, 2.24) is 10.2 Å². The van der Waals surface area contributed by atoms with Gasteiger partial charge < -0.3 is 19.7 Å². The molecule has 0 aromatic heterocycles. The lowest BCUT2D eigenvalue weighted by Crippen LogP contribution is -2.60. The van der Waals surface area contributed by atoms with Crippen LogP contribution in [0.5, 0.6) is 0 Å². The maximum Gasteiger partial charge on any atom is 0.243 e. The van der Waals surface area contributed by atoms with E-state index in [-0.39, 0.29) is 30.3 Å². The Morgan fingerprint density at radius 1 is 1.32 bits per heavy atom. The van der Waals surface area contributed by atoms with Crippen LogP contribution in [-0.2, 0) is 19.1 Å². The topological polar surface area (TPSA) is 67.9 Å². The number of nitrogens with zero attached hydrogens (tertiary/aromatic N) is 1. The van der Waals surface area contributed by atoms with E-state index in [1.165, 1.54) is 0 Å². The molecule has 1 N–H and O–H groups in total. The van der Waals surface area contributed by atoms with E-state index < -0.39 is 0 Å². The standard InChI is InChI=1S/C13H24N2O4/c1-10(2)12-13(17)14-9-11(16)15(12)5-4-6-19-8-7-18-3/h10,12H,4-9H2,1-3H3,(H,14,17). The van der Waals surface area contributed by atoms with Crippen LogP contribution in [0.4, 0.5) is 0 Å². The molecule has 0 aliphatic carbocycles. The van der Waals surface area contributed by atoms with Crippen molar-refractivity contribution in [2.24, 2.45) is 5.92 Å². The molecule has 1 rings (SSSR count). The van der Waals surface area contributed by atoms with E-state index in [2.05, 4.69) is 5.32 Å². The zero-order valence-electron chi connectivity index (χ0n) is 12.0. The average Bonchev–Trinajstić information content (AvgIpc) is 2.37. The van der Waals surface area contributed by atoms with E-state index in [1.54, 1.807) is 12.0 Å². The van der Waals surface area contributed by atoms with Gasteiger partial charge in [-0.3, -0.25) is 9.59 Å². The van der Waals surface area contributed by atoms with E-state index in [0.717, 1.165) is 6.42 Å². The van der Waals surface area contributed by atoms with E-state index in [9.17, 15) is 9.59 Å². The minimum atomic E-state index is -0.361. The zero-order valence-corrected chi connectivity index (χ0v) is 12.0. The van der Waals surface area contributed by atoms with Gasteiger partial charge in [0, 0.05) is 20.3 Å². The fraction of sp³-hybridized carbons (Fsp3) is 0.846. The smallest absolute Gasteiger partial charge is 0.243 e. The maximum absolute atomic E-state index is 11.9. The van der Waals surface area contributed by atoms with Gasteiger partial charge in [0.15, 0.2) is 0 Å². The Morgan fingerprint density at radius 3 is 2.68 bits per heavy atom. The molecule has 0 bridgehead atoms. The monoisotopic (exact) mass is 272 g/mol. The Kier molecular flexibility index (Phi) is 6.80. The second kappa shape index (κ2) is 8.12. The third-order valence-electron chi connectivity index (χ3n) is 3.09. The second-order valence-electron chi connectivity index (χ2n) is 4.95. The van der Waals surface area contributed by atoms with Crippen molar-refractivity contribution in [3.05, 3.63) is 0 Å². The van der Waals surface area contributed by atoms with Crippen LogP contribution >= 0.6 is 0 Å². The number of piperazine rings is 1. The summed E-state index contributed by atoms with van der Waals surface area (Å²) in [6.45, 7) is 6.25. The molecule has 110 valence electrons. The van der Waals surface area contributed by atoms with Crippen LogP contribution in [-0.4, -0.2) is 62.8 Å². The van der Waals surface area contributed by atoms with Crippen molar-refractivity contribution < 1.29 is 19.1 Å². The molecule has 0 aromatic rings. The van der Waals surface area contributed by atoms with E-state index >= 15 is 0 Å². The predicted molar refractivity (Wildman–Crippen MR) is 70.7 cm³/mol. The fourth-order valence-corrected chi connectivity index (χ4v) is 2.17. The molecule has 1 saturated heterocycles. The number of hydrogen-bond acceptors (Lipinski definition) is 4. The van der Waals surface area contributed by atoms with Crippen LogP contribution in [0.3, 0.4) is 0 Å². The number of nitrogens with one attached hydrogen (secondary N) is 1. The lowest BCUT2D eigenvalue weighted by molar-refractivity contribution is -0.147. The molecule has 0 spiro atoms. The van der Waals surface area contributed by atoms with Gasteiger partial charge in [-0.25, -0.2) is 0 Å². The maximum atomic E-state index is 11.9.